The Hall–Kier alpha value is -0.940. The first-order valence-electron chi connectivity index (χ1n) is 5.60. The van der Waals surface area contributed by atoms with Gasteiger partial charge in [0.25, 0.3) is 0 Å². The van der Waals surface area contributed by atoms with Crippen LogP contribution in [0.5, 0.6) is 0 Å². The van der Waals surface area contributed by atoms with Crippen molar-refractivity contribution in [2.24, 2.45) is 5.73 Å². The van der Waals surface area contributed by atoms with E-state index in [9.17, 15) is 0 Å². The molecule has 0 bridgehead atoms. The summed E-state index contributed by atoms with van der Waals surface area (Å²) >= 11 is 2.31. The summed E-state index contributed by atoms with van der Waals surface area (Å²) in [5, 5.41) is 0. The summed E-state index contributed by atoms with van der Waals surface area (Å²) in [4.78, 5) is 4.37. The molecule has 0 spiro atoms. The molecule has 2 atom stereocenters. The average molecular weight is 338 g/mol. The molecular formula is C14H15IN2. The minimum atomic E-state index is -0.0142. The van der Waals surface area contributed by atoms with E-state index in [1.807, 2.05) is 30.5 Å². The molecule has 0 aliphatic heterocycles. The molecular weight excluding hydrogens is 323 g/mol. The van der Waals surface area contributed by atoms with E-state index in [1.165, 1.54) is 3.57 Å². The van der Waals surface area contributed by atoms with E-state index >= 15 is 0 Å². The maximum Gasteiger partial charge on any atom is 0.0450 e. The zero-order valence-electron chi connectivity index (χ0n) is 9.68. The van der Waals surface area contributed by atoms with Crippen molar-refractivity contribution in [1.82, 2.24) is 4.98 Å². The van der Waals surface area contributed by atoms with Crippen LogP contribution in [-0.2, 0) is 0 Å². The molecule has 0 saturated heterocycles. The van der Waals surface area contributed by atoms with Crippen LogP contribution in [0.3, 0.4) is 0 Å². The molecule has 0 saturated carbocycles. The summed E-state index contributed by atoms with van der Waals surface area (Å²) in [7, 11) is 0. The van der Waals surface area contributed by atoms with Gasteiger partial charge in [0.05, 0.1) is 0 Å². The molecule has 0 fully saturated rings. The molecule has 1 aromatic heterocycles. The van der Waals surface area contributed by atoms with Crippen molar-refractivity contribution in [2.45, 2.75) is 18.9 Å². The number of rotatable bonds is 3. The SMILES string of the molecule is CC(c1ccccn1)C(N)c1cccc(I)c1. The Morgan fingerprint density at radius 2 is 2.00 bits per heavy atom. The summed E-state index contributed by atoms with van der Waals surface area (Å²) in [6.45, 7) is 2.12. The highest BCUT2D eigenvalue weighted by Crippen LogP contribution is 2.27. The number of aromatic nitrogens is 1. The monoisotopic (exact) mass is 338 g/mol. The van der Waals surface area contributed by atoms with Gasteiger partial charge in [0.15, 0.2) is 0 Å². The number of pyridine rings is 1. The standard InChI is InChI=1S/C14H15IN2/c1-10(13-7-2-3-8-17-13)14(16)11-5-4-6-12(15)9-11/h2-10,14H,16H2,1H3. The van der Waals surface area contributed by atoms with Gasteiger partial charge in [0, 0.05) is 27.4 Å². The second-order valence-electron chi connectivity index (χ2n) is 4.12. The van der Waals surface area contributed by atoms with Crippen LogP contribution in [0.15, 0.2) is 48.7 Å². The first-order valence-corrected chi connectivity index (χ1v) is 6.68. The molecule has 1 heterocycles. The topological polar surface area (TPSA) is 38.9 Å². The van der Waals surface area contributed by atoms with Crippen LogP contribution in [0.25, 0.3) is 0 Å². The van der Waals surface area contributed by atoms with Crippen LogP contribution in [0.2, 0.25) is 0 Å². The number of nitrogens with zero attached hydrogens (tertiary/aromatic N) is 1. The molecule has 2 N–H and O–H groups in total. The summed E-state index contributed by atoms with van der Waals surface area (Å²) < 4.78 is 1.21. The van der Waals surface area contributed by atoms with Crippen LogP contribution in [-0.4, -0.2) is 4.98 Å². The van der Waals surface area contributed by atoms with E-state index in [2.05, 4.69) is 52.7 Å². The Morgan fingerprint density at radius 3 is 2.65 bits per heavy atom. The van der Waals surface area contributed by atoms with Gasteiger partial charge in [-0.05, 0) is 52.4 Å². The van der Waals surface area contributed by atoms with Gasteiger partial charge in [-0.1, -0.05) is 25.1 Å². The lowest BCUT2D eigenvalue weighted by Gasteiger charge is -2.20. The summed E-state index contributed by atoms with van der Waals surface area (Å²) in [6.07, 6.45) is 1.81. The molecule has 2 aromatic rings. The van der Waals surface area contributed by atoms with E-state index in [0.717, 1.165) is 11.3 Å². The Bertz CT molecular complexity index is 485. The second-order valence-corrected chi connectivity index (χ2v) is 5.37. The van der Waals surface area contributed by atoms with Crippen molar-refractivity contribution >= 4 is 22.6 Å². The van der Waals surface area contributed by atoms with Crippen molar-refractivity contribution in [3.8, 4) is 0 Å². The van der Waals surface area contributed by atoms with Gasteiger partial charge in [-0.15, -0.1) is 0 Å². The fraction of sp³-hybridized carbons (Fsp3) is 0.214. The Balaban J connectivity index is 2.23. The Labute approximate surface area is 115 Å². The van der Waals surface area contributed by atoms with E-state index in [-0.39, 0.29) is 12.0 Å². The highest BCUT2D eigenvalue weighted by atomic mass is 127. The normalized spacial score (nSPS) is 14.3. The van der Waals surface area contributed by atoms with Crippen molar-refractivity contribution in [3.63, 3.8) is 0 Å². The average Bonchev–Trinajstić information content (AvgIpc) is 2.38. The highest BCUT2D eigenvalue weighted by Gasteiger charge is 2.17. The van der Waals surface area contributed by atoms with E-state index < -0.39 is 0 Å². The first-order chi connectivity index (χ1) is 8.18. The highest BCUT2D eigenvalue weighted by molar-refractivity contribution is 14.1. The third-order valence-corrected chi connectivity index (χ3v) is 3.60. The van der Waals surface area contributed by atoms with Crippen LogP contribution in [0.1, 0.15) is 30.1 Å². The quantitative estimate of drug-likeness (QED) is 0.870. The van der Waals surface area contributed by atoms with Crippen molar-refractivity contribution in [2.75, 3.05) is 0 Å². The van der Waals surface area contributed by atoms with Crippen molar-refractivity contribution in [3.05, 3.63) is 63.5 Å². The molecule has 3 heteroatoms. The summed E-state index contributed by atoms with van der Waals surface area (Å²) in [6, 6.07) is 14.3. The second kappa shape index (κ2) is 5.60. The third-order valence-electron chi connectivity index (χ3n) is 2.93. The molecule has 2 unspecified atom stereocenters. The molecule has 17 heavy (non-hydrogen) atoms. The Morgan fingerprint density at radius 1 is 1.18 bits per heavy atom. The number of benzene rings is 1. The number of hydrogen-bond donors (Lipinski definition) is 1. The molecule has 2 nitrogen and oxygen atoms in total. The molecule has 2 rings (SSSR count). The fourth-order valence-electron chi connectivity index (χ4n) is 1.83. The van der Waals surface area contributed by atoms with Crippen LogP contribution >= 0.6 is 22.6 Å². The van der Waals surface area contributed by atoms with Gasteiger partial charge in [-0.2, -0.15) is 0 Å². The first kappa shape index (κ1) is 12.5. The fourth-order valence-corrected chi connectivity index (χ4v) is 2.40. The molecule has 0 aliphatic rings. The summed E-state index contributed by atoms with van der Waals surface area (Å²) in [5.74, 6) is 0.217. The smallest absolute Gasteiger partial charge is 0.0450 e. The lowest BCUT2D eigenvalue weighted by atomic mass is 9.92. The lowest BCUT2D eigenvalue weighted by Crippen LogP contribution is -2.18. The van der Waals surface area contributed by atoms with Gasteiger partial charge in [-0.3, -0.25) is 4.98 Å². The van der Waals surface area contributed by atoms with Gasteiger partial charge < -0.3 is 5.73 Å². The molecule has 0 aliphatic carbocycles. The number of hydrogen-bond acceptors (Lipinski definition) is 2. The summed E-state index contributed by atoms with van der Waals surface area (Å²) in [5.41, 5.74) is 8.50. The molecule has 1 aromatic carbocycles. The largest absolute Gasteiger partial charge is 0.323 e. The Kier molecular flexibility index (Phi) is 4.12. The molecule has 0 radical (unpaired) electrons. The zero-order valence-corrected chi connectivity index (χ0v) is 11.8. The molecule has 0 amide bonds. The predicted molar refractivity (Wildman–Crippen MR) is 78.7 cm³/mol. The van der Waals surface area contributed by atoms with E-state index in [1.54, 1.807) is 0 Å². The zero-order chi connectivity index (χ0) is 12.3. The molecule has 88 valence electrons. The minimum absolute atomic E-state index is 0.0142. The predicted octanol–water partition coefficient (Wildman–Crippen LogP) is 3.49. The van der Waals surface area contributed by atoms with Gasteiger partial charge >= 0.3 is 0 Å². The van der Waals surface area contributed by atoms with Gasteiger partial charge in [0.2, 0.25) is 0 Å². The van der Waals surface area contributed by atoms with Crippen molar-refractivity contribution < 1.29 is 0 Å². The number of halogens is 1. The number of nitrogens with two attached hydrogens (primary N) is 1. The third kappa shape index (κ3) is 3.04. The van der Waals surface area contributed by atoms with E-state index in [4.69, 9.17) is 5.73 Å². The lowest BCUT2D eigenvalue weighted by molar-refractivity contribution is 0.583. The van der Waals surface area contributed by atoms with Crippen LogP contribution in [0, 0.1) is 3.57 Å². The van der Waals surface area contributed by atoms with Crippen LogP contribution in [0.4, 0.5) is 0 Å². The van der Waals surface area contributed by atoms with Gasteiger partial charge in [-0.25, -0.2) is 0 Å². The van der Waals surface area contributed by atoms with Crippen LogP contribution < -0.4 is 5.73 Å². The van der Waals surface area contributed by atoms with Crippen molar-refractivity contribution in [1.29, 1.82) is 0 Å². The van der Waals surface area contributed by atoms with E-state index in [0.29, 0.717) is 0 Å². The minimum Gasteiger partial charge on any atom is -0.323 e. The maximum absolute atomic E-state index is 6.30. The van der Waals surface area contributed by atoms with Gasteiger partial charge in [0.1, 0.15) is 0 Å². The maximum atomic E-state index is 6.30.